The van der Waals surface area contributed by atoms with Gasteiger partial charge in [0.1, 0.15) is 5.75 Å². The Balaban J connectivity index is 0.918. The van der Waals surface area contributed by atoms with Crippen molar-refractivity contribution in [3.8, 4) is 5.75 Å². The first-order chi connectivity index (χ1) is 25.0. The third kappa shape index (κ3) is 7.38. The van der Waals surface area contributed by atoms with Crippen molar-refractivity contribution in [3.63, 3.8) is 0 Å². The van der Waals surface area contributed by atoms with Crippen LogP contribution in [0.4, 0.5) is 5.69 Å². The normalized spacial score (nSPS) is 24.1. The maximum absolute atomic E-state index is 13.6. The number of nitrogens with zero attached hydrogens (tertiary/aromatic N) is 4. The van der Waals surface area contributed by atoms with Crippen LogP contribution in [0.25, 0.3) is 0 Å². The molecule has 7 rings (SSSR count). The molecule has 4 heterocycles. The Morgan fingerprint density at radius 3 is 2.33 bits per heavy atom. The van der Waals surface area contributed by atoms with E-state index in [9.17, 15) is 19.2 Å². The quantitative estimate of drug-likeness (QED) is 0.325. The van der Waals surface area contributed by atoms with E-state index >= 15 is 0 Å². The second kappa shape index (κ2) is 14.8. The molecule has 11 nitrogen and oxygen atoms in total. The summed E-state index contributed by atoms with van der Waals surface area (Å²) in [6, 6.07) is 14.7. The molecular formula is C41H52N6O5. The molecule has 2 N–H and O–H groups in total. The first kappa shape index (κ1) is 35.9. The molecule has 3 amide bonds. The van der Waals surface area contributed by atoms with Gasteiger partial charge in [-0.1, -0.05) is 24.3 Å². The van der Waals surface area contributed by atoms with Crippen LogP contribution in [0.15, 0.2) is 53.5 Å². The van der Waals surface area contributed by atoms with E-state index < -0.39 is 0 Å². The highest BCUT2D eigenvalue weighted by atomic mass is 16.5. The lowest BCUT2D eigenvalue weighted by atomic mass is 9.64. The number of aryl methyl sites for hydroxylation is 1. The van der Waals surface area contributed by atoms with Crippen molar-refractivity contribution in [2.24, 2.45) is 12.5 Å². The zero-order chi connectivity index (χ0) is 36.6. The van der Waals surface area contributed by atoms with Gasteiger partial charge in [-0.05, 0) is 112 Å². The number of benzene rings is 2. The van der Waals surface area contributed by atoms with Gasteiger partial charge in [0.2, 0.25) is 11.8 Å². The molecule has 1 aliphatic carbocycles. The average Bonchev–Trinajstić information content (AvgIpc) is 3.15. The van der Waals surface area contributed by atoms with Gasteiger partial charge in [0.05, 0.1) is 24.9 Å². The number of ether oxygens (including phenoxy) is 1. The summed E-state index contributed by atoms with van der Waals surface area (Å²) >= 11 is 0. The molecule has 3 aromatic rings. The molecule has 4 aliphatic rings. The van der Waals surface area contributed by atoms with Crippen LogP contribution in [0.5, 0.6) is 5.75 Å². The van der Waals surface area contributed by atoms with Crippen molar-refractivity contribution >= 4 is 23.4 Å². The molecule has 276 valence electrons. The number of aromatic nitrogens is 2. The third-order valence-corrected chi connectivity index (χ3v) is 12.5. The lowest BCUT2D eigenvalue weighted by molar-refractivity contribution is -0.134. The molecule has 3 saturated heterocycles. The van der Waals surface area contributed by atoms with E-state index in [-0.39, 0.29) is 40.7 Å². The summed E-state index contributed by atoms with van der Waals surface area (Å²) in [5, 5.41) is 10.2. The fraction of sp³-hybridized carbons (Fsp3) is 0.537. The number of carbonyl (C=O) groups excluding carboxylic acids is 3. The molecule has 0 radical (unpaired) electrons. The van der Waals surface area contributed by atoms with E-state index in [0.29, 0.717) is 30.2 Å². The van der Waals surface area contributed by atoms with E-state index in [4.69, 9.17) is 4.74 Å². The molecule has 1 spiro atoms. The highest BCUT2D eigenvalue weighted by Crippen LogP contribution is 2.49. The summed E-state index contributed by atoms with van der Waals surface area (Å²) in [6.45, 7) is 5.24. The van der Waals surface area contributed by atoms with Crippen molar-refractivity contribution in [3.05, 3.63) is 86.8 Å². The number of hydrogen-bond donors (Lipinski definition) is 2. The standard InChI is InChI=1S/C41H52N6O5/c1-26-35(23-42-46(3)39(26)50)43-32-21-31(24-45(2)25-32)27-5-7-29(8-6-27)40(51)47-19-17-41(18-20-47)15-13-28(14-16-41)30-9-10-33(36(22-30)52-4)34-11-12-37(48)44-38(34)49/h5-10,22-23,28,31-32,34,43H,11-21,24-25H2,1-4H3,(H,44,48,49)/t31-,32+,34?/m1/s1. The number of hydrogen-bond acceptors (Lipinski definition) is 8. The number of imide groups is 1. The van der Waals surface area contributed by atoms with Gasteiger partial charge in [-0.15, -0.1) is 0 Å². The molecule has 52 heavy (non-hydrogen) atoms. The van der Waals surface area contributed by atoms with Crippen LogP contribution in [0.2, 0.25) is 0 Å². The van der Waals surface area contributed by atoms with Crippen molar-refractivity contribution in [2.75, 3.05) is 45.7 Å². The SMILES string of the molecule is COc1cc(C2CCC3(CC2)CCN(C(=O)c2ccc([C@@H]4C[C@H](Nc5cnn(C)c(=O)c5C)CN(C)C4)cc2)CC3)ccc1C1CCC(=O)NC1=O. The smallest absolute Gasteiger partial charge is 0.271 e. The minimum atomic E-state index is -0.362. The van der Waals surface area contributed by atoms with Crippen LogP contribution < -0.4 is 20.9 Å². The molecule has 1 aromatic heterocycles. The fourth-order valence-electron chi connectivity index (χ4n) is 9.27. The monoisotopic (exact) mass is 708 g/mol. The van der Waals surface area contributed by atoms with Crippen LogP contribution >= 0.6 is 0 Å². The summed E-state index contributed by atoms with van der Waals surface area (Å²) in [5.74, 6) is 0.784. The lowest BCUT2D eigenvalue weighted by Gasteiger charge is -2.46. The topological polar surface area (TPSA) is 126 Å². The zero-order valence-corrected chi connectivity index (χ0v) is 31.0. The number of amides is 3. The third-order valence-electron chi connectivity index (χ3n) is 12.5. The van der Waals surface area contributed by atoms with Gasteiger partial charge >= 0.3 is 0 Å². The number of anilines is 1. The molecule has 4 fully saturated rings. The van der Waals surface area contributed by atoms with Gasteiger partial charge in [-0.3, -0.25) is 24.5 Å². The Labute approximate surface area is 306 Å². The molecular weight excluding hydrogens is 656 g/mol. The summed E-state index contributed by atoms with van der Waals surface area (Å²) in [6.07, 6.45) is 10.1. The number of methoxy groups -OCH3 is 1. The van der Waals surface area contributed by atoms with Crippen LogP contribution in [0, 0.1) is 12.3 Å². The predicted molar refractivity (Wildman–Crippen MR) is 200 cm³/mol. The Hall–Kier alpha value is -4.51. The van der Waals surface area contributed by atoms with E-state index in [1.165, 1.54) is 15.8 Å². The molecule has 3 atom stereocenters. The van der Waals surface area contributed by atoms with Gasteiger partial charge in [0.15, 0.2) is 0 Å². The maximum Gasteiger partial charge on any atom is 0.271 e. The summed E-state index contributed by atoms with van der Waals surface area (Å²) in [7, 11) is 5.44. The minimum Gasteiger partial charge on any atom is -0.496 e. The highest BCUT2D eigenvalue weighted by molar-refractivity contribution is 6.01. The van der Waals surface area contributed by atoms with E-state index in [1.54, 1.807) is 20.4 Å². The second-order valence-corrected chi connectivity index (χ2v) is 15.8. The second-order valence-electron chi connectivity index (χ2n) is 15.8. The Bertz CT molecular complexity index is 1870. The summed E-state index contributed by atoms with van der Waals surface area (Å²) in [4.78, 5) is 54.6. The predicted octanol–water partition coefficient (Wildman–Crippen LogP) is 5.10. The number of piperidine rings is 3. The highest BCUT2D eigenvalue weighted by Gasteiger charge is 2.40. The Morgan fingerprint density at radius 1 is 0.923 bits per heavy atom. The van der Waals surface area contributed by atoms with E-state index in [1.807, 2.05) is 30.0 Å². The number of carbonyl (C=O) groups is 3. The lowest BCUT2D eigenvalue weighted by Crippen LogP contribution is -2.44. The maximum atomic E-state index is 13.6. The first-order valence-corrected chi connectivity index (χ1v) is 18.9. The van der Waals surface area contributed by atoms with Crippen LogP contribution in [0.3, 0.4) is 0 Å². The van der Waals surface area contributed by atoms with Crippen LogP contribution in [-0.4, -0.2) is 83.7 Å². The largest absolute Gasteiger partial charge is 0.496 e. The van der Waals surface area contributed by atoms with Gasteiger partial charge < -0.3 is 19.9 Å². The Morgan fingerprint density at radius 2 is 1.63 bits per heavy atom. The van der Waals surface area contributed by atoms with E-state index in [0.717, 1.165) is 93.7 Å². The molecule has 0 bridgehead atoms. The molecule has 1 unspecified atom stereocenters. The van der Waals surface area contributed by atoms with Gasteiger partial charge in [-0.2, -0.15) is 5.10 Å². The fourth-order valence-corrected chi connectivity index (χ4v) is 9.27. The van der Waals surface area contributed by atoms with Crippen molar-refractivity contribution in [1.29, 1.82) is 0 Å². The van der Waals surface area contributed by atoms with Gasteiger partial charge in [0, 0.05) is 62.4 Å². The van der Waals surface area contributed by atoms with Crippen molar-refractivity contribution in [1.82, 2.24) is 24.9 Å². The number of rotatable bonds is 7. The number of likely N-dealkylation sites (N-methyl/N-ethyl adjacent to an activating group) is 1. The molecule has 1 saturated carbocycles. The summed E-state index contributed by atoms with van der Waals surface area (Å²) < 4.78 is 7.10. The Kier molecular flexibility index (Phi) is 10.2. The van der Waals surface area contributed by atoms with Gasteiger partial charge in [-0.25, -0.2) is 4.68 Å². The van der Waals surface area contributed by atoms with Crippen molar-refractivity contribution < 1.29 is 19.1 Å². The van der Waals surface area contributed by atoms with Crippen molar-refractivity contribution in [2.45, 2.75) is 88.5 Å². The van der Waals surface area contributed by atoms with E-state index in [2.05, 4.69) is 51.9 Å². The minimum absolute atomic E-state index is 0.0867. The molecule has 2 aromatic carbocycles. The van der Waals surface area contributed by atoms with Crippen LogP contribution in [-0.2, 0) is 16.6 Å². The summed E-state index contributed by atoms with van der Waals surface area (Å²) in [5.41, 5.74) is 5.75. The number of nitrogens with one attached hydrogen (secondary N) is 2. The van der Waals surface area contributed by atoms with Gasteiger partial charge in [0.25, 0.3) is 11.5 Å². The average molecular weight is 709 g/mol. The zero-order valence-electron chi connectivity index (χ0n) is 31.0. The molecule has 11 heteroatoms. The molecule has 3 aliphatic heterocycles. The van der Waals surface area contributed by atoms with Crippen LogP contribution in [0.1, 0.15) is 108 Å². The number of likely N-dealkylation sites (tertiary alicyclic amines) is 2. The first-order valence-electron chi connectivity index (χ1n) is 18.9.